The first-order valence-electron chi connectivity index (χ1n) is 6.81. The highest BCUT2D eigenvalue weighted by molar-refractivity contribution is 7.87. The molecule has 3 N–H and O–H groups in total. The van der Waals surface area contributed by atoms with Crippen molar-refractivity contribution in [3.05, 3.63) is 35.4 Å². The maximum atomic E-state index is 13.1. The lowest BCUT2D eigenvalue weighted by atomic mass is 10.0. The Kier molecular flexibility index (Phi) is 5.26. The summed E-state index contributed by atoms with van der Waals surface area (Å²) in [7, 11) is -3.64. The molecule has 21 heavy (non-hydrogen) atoms. The van der Waals surface area contributed by atoms with E-state index in [9.17, 15) is 17.2 Å². The smallest absolute Gasteiger partial charge is 0.279 e. The number of piperidine rings is 1. The van der Waals surface area contributed by atoms with Crippen molar-refractivity contribution in [2.75, 3.05) is 19.6 Å². The Balaban J connectivity index is 1.98. The summed E-state index contributed by atoms with van der Waals surface area (Å²) in [6.45, 7) is 1.21. The van der Waals surface area contributed by atoms with Crippen molar-refractivity contribution >= 4 is 10.2 Å². The molecule has 0 spiro atoms. The van der Waals surface area contributed by atoms with Gasteiger partial charge in [0, 0.05) is 19.6 Å². The summed E-state index contributed by atoms with van der Waals surface area (Å²) in [6.07, 6.45) is 1.69. The first-order valence-corrected chi connectivity index (χ1v) is 8.25. The number of nitrogens with one attached hydrogen (secondary N) is 1. The summed E-state index contributed by atoms with van der Waals surface area (Å²) in [5, 5.41) is 0. The Bertz CT molecular complexity index is 595. The van der Waals surface area contributed by atoms with Gasteiger partial charge in [0.1, 0.15) is 0 Å². The first kappa shape index (κ1) is 16.3. The van der Waals surface area contributed by atoms with Gasteiger partial charge in [0.25, 0.3) is 10.2 Å². The molecule has 1 atom stereocenters. The Morgan fingerprint density at radius 3 is 2.76 bits per heavy atom. The fourth-order valence-electron chi connectivity index (χ4n) is 2.35. The van der Waals surface area contributed by atoms with E-state index in [-0.39, 0.29) is 12.5 Å². The molecule has 2 rings (SSSR count). The molecule has 1 aromatic rings. The highest BCUT2D eigenvalue weighted by atomic mass is 32.2. The highest BCUT2D eigenvalue weighted by Gasteiger charge is 2.27. The van der Waals surface area contributed by atoms with E-state index in [2.05, 4.69) is 4.72 Å². The van der Waals surface area contributed by atoms with E-state index in [1.807, 2.05) is 0 Å². The van der Waals surface area contributed by atoms with Crippen molar-refractivity contribution in [1.29, 1.82) is 0 Å². The number of hydrogen-bond acceptors (Lipinski definition) is 3. The lowest BCUT2D eigenvalue weighted by Crippen LogP contribution is -2.47. The predicted octanol–water partition coefficient (Wildman–Crippen LogP) is 0.970. The molecule has 1 fully saturated rings. The van der Waals surface area contributed by atoms with E-state index in [1.165, 1.54) is 10.4 Å². The van der Waals surface area contributed by atoms with E-state index in [1.54, 1.807) is 0 Å². The minimum absolute atomic E-state index is 0.0800. The Morgan fingerprint density at radius 2 is 2.10 bits per heavy atom. The molecule has 1 aliphatic heterocycles. The normalized spacial score (nSPS) is 20.6. The minimum atomic E-state index is -3.64. The summed E-state index contributed by atoms with van der Waals surface area (Å²) in [6, 6.07) is 3.31. The first-order chi connectivity index (χ1) is 9.92. The van der Waals surface area contributed by atoms with Crippen molar-refractivity contribution in [3.8, 4) is 0 Å². The molecule has 8 heteroatoms. The molecule has 0 amide bonds. The molecule has 0 radical (unpaired) electrons. The number of nitrogens with zero attached hydrogens (tertiary/aromatic N) is 1. The van der Waals surface area contributed by atoms with Crippen molar-refractivity contribution < 1.29 is 17.2 Å². The molecule has 1 unspecified atom stereocenters. The van der Waals surface area contributed by atoms with E-state index in [4.69, 9.17) is 5.73 Å². The second-order valence-electron chi connectivity index (χ2n) is 5.18. The standard InChI is InChI=1S/C13H19F2N3O2S/c14-12-4-3-10(6-13(12)15)8-17-21(19,20)18-5-1-2-11(7-16)9-18/h3-4,6,11,17H,1-2,5,7-9,16H2. The van der Waals surface area contributed by atoms with Gasteiger partial charge in [-0.15, -0.1) is 0 Å². The van der Waals surface area contributed by atoms with Crippen LogP contribution >= 0.6 is 0 Å². The van der Waals surface area contributed by atoms with Gasteiger partial charge in [0.15, 0.2) is 11.6 Å². The van der Waals surface area contributed by atoms with E-state index in [0.717, 1.165) is 25.0 Å². The molecule has 1 aliphatic rings. The van der Waals surface area contributed by atoms with Crippen molar-refractivity contribution in [1.82, 2.24) is 9.03 Å². The van der Waals surface area contributed by atoms with Crippen LogP contribution in [0.1, 0.15) is 18.4 Å². The van der Waals surface area contributed by atoms with Gasteiger partial charge in [-0.25, -0.2) is 8.78 Å². The van der Waals surface area contributed by atoms with Crippen LogP contribution in [0.5, 0.6) is 0 Å². The van der Waals surface area contributed by atoms with Crippen LogP contribution in [0.15, 0.2) is 18.2 Å². The molecule has 0 saturated carbocycles. The molecule has 0 aliphatic carbocycles. The number of hydrogen-bond donors (Lipinski definition) is 2. The second kappa shape index (κ2) is 6.78. The Labute approximate surface area is 123 Å². The number of rotatable bonds is 5. The fraction of sp³-hybridized carbons (Fsp3) is 0.538. The summed E-state index contributed by atoms with van der Waals surface area (Å²) in [4.78, 5) is 0. The van der Waals surface area contributed by atoms with Crippen LogP contribution < -0.4 is 10.5 Å². The molecule has 0 bridgehead atoms. The van der Waals surface area contributed by atoms with Gasteiger partial charge in [-0.2, -0.15) is 17.4 Å². The van der Waals surface area contributed by atoms with Crippen LogP contribution in [0.2, 0.25) is 0 Å². The lowest BCUT2D eigenvalue weighted by molar-refractivity contribution is 0.268. The minimum Gasteiger partial charge on any atom is -0.330 e. The van der Waals surface area contributed by atoms with Gasteiger partial charge in [0.05, 0.1) is 0 Å². The number of halogens is 2. The summed E-state index contributed by atoms with van der Waals surface area (Å²) >= 11 is 0. The van der Waals surface area contributed by atoms with Gasteiger partial charge in [-0.1, -0.05) is 6.07 Å². The van der Waals surface area contributed by atoms with Crippen molar-refractivity contribution in [2.24, 2.45) is 11.7 Å². The molecule has 1 saturated heterocycles. The van der Waals surface area contributed by atoms with Gasteiger partial charge >= 0.3 is 0 Å². The highest BCUT2D eigenvalue weighted by Crippen LogP contribution is 2.18. The molecule has 1 aromatic carbocycles. The monoisotopic (exact) mass is 319 g/mol. The Morgan fingerprint density at radius 1 is 1.33 bits per heavy atom. The SMILES string of the molecule is NCC1CCCN(S(=O)(=O)NCc2ccc(F)c(F)c2)C1. The largest absolute Gasteiger partial charge is 0.330 e. The van der Waals surface area contributed by atoms with Crippen LogP contribution in [-0.4, -0.2) is 32.4 Å². The quantitative estimate of drug-likeness (QED) is 0.849. The zero-order valence-electron chi connectivity index (χ0n) is 11.6. The van der Waals surface area contributed by atoms with Crippen LogP contribution in [0.3, 0.4) is 0 Å². The van der Waals surface area contributed by atoms with Crippen LogP contribution in [0, 0.1) is 17.6 Å². The predicted molar refractivity (Wildman–Crippen MR) is 75.5 cm³/mol. The van der Waals surface area contributed by atoms with Crippen LogP contribution in [-0.2, 0) is 16.8 Å². The number of benzene rings is 1. The van der Waals surface area contributed by atoms with E-state index < -0.39 is 21.8 Å². The molecular weight excluding hydrogens is 300 g/mol. The van der Waals surface area contributed by atoms with Crippen LogP contribution in [0.4, 0.5) is 8.78 Å². The molecule has 1 heterocycles. The summed E-state index contributed by atoms with van der Waals surface area (Å²) in [5.74, 6) is -1.78. The average molecular weight is 319 g/mol. The molecular formula is C13H19F2N3O2S. The topological polar surface area (TPSA) is 75.4 Å². The fourth-order valence-corrected chi connectivity index (χ4v) is 3.66. The van der Waals surface area contributed by atoms with Gasteiger partial charge in [-0.3, -0.25) is 0 Å². The van der Waals surface area contributed by atoms with Crippen molar-refractivity contribution in [3.63, 3.8) is 0 Å². The third kappa shape index (κ3) is 4.19. The zero-order valence-corrected chi connectivity index (χ0v) is 12.4. The Hall–Kier alpha value is -1.09. The maximum absolute atomic E-state index is 13.1. The summed E-state index contributed by atoms with van der Waals surface area (Å²) in [5.41, 5.74) is 5.95. The molecule has 5 nitrogen and oxygen atoms in total. The lowest BCUT2D eigenvalue weighted by Gasteiger charge is -2.31. The number of nitrogens with two attached hydrogens (primary N) is 1. The average Bonchev–Trinajstić information content (AvgIpc) is 2.48. The second-order valence-corrected chi connectivity index (χ2v) is 6.93. The van der Waals surface area contributed by atoms with Crippen LogP contribution in [0.25, 0.3) is 0 Å². The third-order valence-corrected chi connectivity index (χ3v) is 5.12. The van der Waals surface area contributed by atoms with Crippen molar-refractivity contribution in [2.45, 2.75) is 19.4 Å². The summed E-state index contributed by atoms with van der Waals surface area (Å²) < 4.78 is 54.0. The molecule has 118 valence electrons. The maximum Gasteiger partial charge on any atom is 0.279 e. The van der Waals surface area contributed by atoms with Gasteiger partial charge < -0.3 is 5.73 Å². The molecule has 0 aromatic heterocycles. The zero-order chi connectivity index (χ0) is 15.5. The van der Waals surface area contributed by atoms with Gasteiger partial charge in [-0.05, 0) is 43.0 Å². The van der Waals surface area contributed by atoms with E-state index in [0.29, 0.717) is 25.2 Å². The van der Waals surface area contributed by atoms with E-state index >= 15 is 0 Å². The third-order valence-electron chi connectivity index (χ3n) is 3.60. The van der Waals surface area contributed by atoms with Gasteiger partial charge in [0.2, 0.25) is 0 Å².